The van der Waals surface area contributed by atoms with Crippen LogP contribution in [0.3, 0.4) is 0 Å². The molecule has 332 valence electrons. The van der Waals surface area contributed by atoms with Gasteiger partial charge in [-0.1, -0.05) is 182 Å². The average molecular weight is 817 g/mol. The molecular weight excluding hydrogens is 733 g/mol. The molecule has 0 amide bonds. The molecule has 0 N–H and O–H groups in total. The molecule has 0 spiro atoms. The predicted molar refractivity (Wildman–Crippen MR) is 251 cm³/mol. The third-order valence-corrected chi connectivity index (χ3v) is 9.30. The molecule has 0 aliphatic rings. The second kappa shape index (κ2) is 46.8. The van der Waals surface area contributed by atoms with Gasteiger partial charge in [0, 0.05) is 19.3 Å². The Hall–Kier alpha value is -3.93. The fourth-order valence-electron chi connectivity index (χ4n) is 5.81. The van der Waals surface area contributed by atoms with Gasteiger partial charge in [0.2, 0.25) is 0 Å². The van der Waals surface area contributed by atoms with Crippen LogP contribution in [0.1, 0.15) is 188 Å². The SMILES string of the molecule is CC\C=C/C=C\C=C/CCCCCCCC(=O)OC(COC(=O)CCC/C=C\C/C=C\C/C=C\C/C=C\C/C=C\CC)COC(=O)CCCCCCC/C=C\CCCC. The van der Waals surface area contributed by atoms with Crippen LogP contribution in [0.4, 0.5) is 0 Å². The van der Waals surface area contributed by atoms with E-state index in [1.807, 2.05) is 6.08 Å². The van der Waals surface area contributed by atoms with Crippen molar-refractivity contribution < 1.29 is 28.6 Å². The minimum atomic E-state index is -0.815. The van der Waals surface area contributed by atoms with Crippen LogP contribution < -0.4 is 0 Å². The number of carbonyl (C=O) groups excluding carboxylic acids is 3. The second-order valence-electron chi connectivity index (χ2n) is 15.0. The normalized spacial score (nSPS) is 13.1. The molecule has 0 heterocycles. The molecule has 0 bridgehead atoms. The first-order valence-electron chi connectivity index (χ1n) is 23.4. The van der Waals surface area contributed by atoms with Gasteiger partial charge in [-0.15, -0.1) is 0 Å². The first kappa shape index (κ1) is 55.1. The van der Waals surface area contributed by atoms with Gasteiger partial charge in [0.15, 0.2) is 6.10 Å². The summed E-state index contributed by atoms with van der Waals surface area (Å²) >= 11 is 0. The topological polar surface area (TPSA) is 78.9 Å². The summed E-state index contributed by atoms with van der Waals surface area (Å²) in [5, 5.41) is 0. The molecule has 0 aromatic rings. The van der Waals surface area contributed by atoms with Gasteiger partial charge in [0.25, 0.3) is 0 Å². The number of hydrogen-bond donors (Lipinski definition) is 0. The third-order valence-electron chi connectivity index (χ3n) is 9.30. The van der Waals surface area contributed by atoms with Crippen LogP contribution in [0.15, 0.2) is 109 Å². The third kappa shape index (κ3) is 45.0. The molecule has 59 heavy (non-hydrogen) atoms. The number of allylic oxidation sites excluding steroid dienone is 18. The minimum Gasteiger partial charge on any atom is -0.462 e. The Morgan fingerprint density at radius 2 is 0.763 bits per heavy atom. The van der Waals surface area contributed by atoms with Gasteiger partial charge in [-0.25, -0.2) is 0 Å². The fraction of sp³-hybridized carbons (Fsp3) is 0.604. The van der Waals surface area contributed by atoms with Gasteiger partial charge in [-0.3, -0.25) is 14.4 Å². The zero-order chi connectivity index (χ0) is 43.0. The van der Waals surface area contributed by atoms with Gasteiger partial charge in [-0.2, -0.15) is 0 Å². The monoisotopic (exact) mass is 817 g/mol. The molecule has 0 saturated heterocycles. The average Bonchev–Trinajstić information content (AvgIpc) is 3.23. The van der Waals surface area contributed by atoms with Crippen molar-refractivity contribution in [1.29, 1.82) is 0 Å². The van der Waals surface area contributed by atoms with Crippen LogP contribution in [0.25, 0.3) is 0 Å². The van der Waals surface area contributed by atoms with Gasteiger partial charge in [0.1, 0.15) is 13.2 Å². The van der Waals surface area contributed by atoms with E-state index in [1.165, 1.54) is 25.7 Å². The summed E-state index contributed by atoms with van der Waals surface area (Å²) in [6.07, 6.45) is 62.2. The Kier molecular flexibility index (Phi) is 43.6. The van der Waals surface area contributed by atoms with Crippen molar-refractivity contribution in [3.63, 3.8) is 0 Å². The molecular formula is C53H84O6. The Morgan fingerprint density at radius 3 is 1.31 bits per heavy atom. The lowest BCUT2D eigenvalue weighted by molar-refractivity contribution is -0.167. The number of esters is 3. The molecule has 0 aromatic heterocycles. The standard InChI is InChI=1S/C53H84O6/c1-4-7-10-13-16-19-22-24-25-26-27-29-31-34-37-40-43-46-52(55)58-49-50(48-57-51(54)45-42-39-36-33-30-21-18-15-12-9-6-3)59-53(56)47-44-41-38-35-32-28-23-20-17-14-11-8-5-2/h7-8,10-11,14-20,23-25,27,29,34,37,50H,4-6,9,12-13,21-22,26,28,30-33,35-36,38-49H2,1-3H3/b10-7-,11-8-,17-14-,18-15-,19-16-,23-20-,25-24-,29-27-,37-34-. The van der Waals surface area contributed by atoms with Crippen molar-refractivity contribution in [2.45, 2.75) is 194 Å². The molecule has 0 fully saturated rings. The van der Waals surface area contributed by atoms with Crippen LogP contribution >= 0.6 is 0 Å². The molecule has 1 atom stereocenters. The van der Waals surface area contributed by atoms with Crippen LogP contribution in [0.5, 0.6) is 0 Å². The molecule has 6 heteroatoms. The Labute approximate surface area is 361 Å². The molecule has 6 nitrogen and oxygen atoms in total. The summed E-state index contributed by atoms with van der Waals surface area (Å²) in [6, 6.07) is 0. The van der Waals surface area contributed by atoms with Crippen molar-refractivity contribution in [1.82, 2.24) is 0 Å². The molecule has 0 aliphatic heterocycles. The summed E-state index contributed by atoms with van der Waals surface area (Å²) in [4.78, 5) is 37.8. The maximum Gasteiger partial charge on any atom is 0.306 e. The summed E-state index contributed by atoms with van der Waals surface area (Å²) in [6.45, 7) is 6.25. The van der Waals surface area contributed by atoms with E-state index in [-0.39, 0.29) is 44.0 Å². The summed E-state index contributed by atoms with van der Waals surface area (Å²) in [7, 11) is 0. The van der Waals surface area contributed by atoms with Crippen LogP contribution in [-0.2, 0) is 28.6 Å². The number of ether oxygens (including phenoxy) is 3. The fourth-order valence-corrected chi connectivity index (χ4v) is 5.81. The van der Waals surface area contributed by atoms with E-state index in [1.54, 1.807) is 0 Å². The van der Waals surface area contributed by atoms with Gasteiger partial charge in [-0.05, 0) is 96.3 Å². The van der Waals surface area contributed by atoms with E-state index in [0.717, 1.165) is 116 Å². The molecule has 1 unspecified atom stereocenters. The highest BCUT2D eigenvalue weighted by Gasteiger charge is 2.19. The van der Waals surface area contributed by atoms with E-state index < -0.39 is 6.10 Å². The Balaban J connectivity index is 4.53. The highest BCUT2D eigenvalue weighted by Crippen LogP contribution is 2.12. The summed E-state index contributed by atoms with van der Waals surface area (Å²) in [5.41, 5.74) is 0. The Morgan fingerprint density at radius 1 is 0.373 bits per heavy atom. The highest BCUT2D eigenvalue weighted by molar-refractivity contribution is 5.71. The largest absolute Gasteiger partial charge is 0.462 e. The lowest BCUT2D eigenvalue weighted by Crippen LogP contribution is -2.30. The maximum absolute atomic E-state index is 12.7. The van der Waals surface area contributed by atoms with Crippen molar-refractivity contribution in [3.8, 4) is 0 Å². The first-order valence-corrected chi connectivity index (χ1v) is 23.4. The van der Waals surface area contributed by atoms with E-state index in [4.69, 9.17) is 14.2 Å². The molecule has 0 radical (unpaired) electrons. The number of hydrogen-bond acceptors (Lipinski definition) is 6. The van der Waals surface area contributed by atoms with E-state index in [9.17, 15) is 14.4 Å². The van der Waals surface area contributed by atoms with E-state index in [2.05, 4.69) is 124 Å². The quantitative estimate of drug-likeness (QED) is 0.0201. The Bertz CT molecular complexity index is 1260. The van der Waals surface area contributed by atoms with Crippen molar-refractivity contribution in [3.05, 3.63) is 109 Å². The van der Waals surface area contributed by atoms with Crippen LogP contribution in [0.2, 0.25) is 0 Å². The molecule has 0 aliphatic carbocycles. The second-order valence-corrected chi connectivity index (χ2v) is 15.0. The number of rotatable bonds is 40. The van der Waals surface area contributed by atoms with Crippen molar-refractivity contribution in [2.24, 2.45) is 0 Å². The zero-order valence-corrected chi connectivity index (χ0v) is 37.7. The first-order chi connectivity index (χ1) is 29.0. The lowest BCUT2D eigenvalue weighted by Gasteiger charge is -2.18. The van der Waals surface area contributed by atoms with Crippen molar-refractivity contribution in [2.75, 3.05) is 13.2 Å². The maximum atomic E-state index is 12.7. The number of unbranched alkanes of at least 4 members (excludes halogenated alkanes) is 13. The zero-order valence-electron chi connectivity index (χ0n) is 37.7. The van der Waals surface area contributed by atoms with Gasteiger partial charge < -0.3 is 14.2 Å². The minimum absolute atomic E-state index is 0.111. The number of carbonyl (C=O) groups is 3. The van der Waals surface area contributed by atoms with Crippen LogP contribution in [0, 0.1) is 0 Å². The smallest absolute Gasteiger partial charge is 0.306 e. The molecule has 0 rings (SSSR count). The summed E-state index contributed by atoms with van der Waals surface area (Å²) in [5.74, 6) is -1.01. The van der Waals surface area contributed by atoms with Crippen molar-refractivity contribution >= 4 is 17.9 Å². The summed E-state index contributed by atoms with van der Waals surface area (Å²) < 4.78 is 16.6. The highest BCUT2D eigenvalue weighted by atomic mass is 16.6. The van der Waals surface area contributed by atoms with Gasteiger partial charge >= 0.3 is 17.9 Å². The lowest BCUT2D eigenvalue weighted by atomic mass is 10.1. The van der Waals surface area contributed by atoms with Crippen LogP contribution in [-0.4, -0.2) is 37.2 Å². The van der Waals surface area contributed by atoms with E-state index >= 15 is 0 Å². The molecule has 0 saturated carbocycles. The van der Waals surface area contributed by atoms with E-state index in [0.29, 0.717) is 12.8 Å². The predicted octanol–water partition coefficient (Wildman–Crippen LogP) is 15.2. The molecule has 0 aromatic carbocycles. The van der Waals surface area contributed by atoms with Gasteiger partial charge in [0.05, 0.1) is 0 Å².